The van der Waals surface area contributed by atoms with E-state index in [4.69, 9.17) is 4.74 Å². The Hall–Kier alpha value is -2.45. The van der Waals surface area contributed by atoms with Gasteiger partial charge in [0.15, 0.2) is 6.10 Å². The molecule has 0 saturated heterocycles. The van der Waals surface area contributed by atoms with Crippen molar-refractivity contribution in [3.05, 3.63) is 54.3 Å². The Morgan fingerprint density at radius 3 is 2.11 bits per heavy atom. The van der Waals surface area contributed by atoms with Crippen LogP contribution in [0.5, 0.6) is 5.75 Å². The van der Waals surface area contributed by atoms with E-state index in [1.807, 2.05) is 0 Å². The quantitative estimate of drug-likeness (QED) is 0.687. The average Bonchev–Trinajstić information content (AvgIpc) is 2.68. The number of hydrogen-bond acceptors (Lipinski definition) is 4. The third kappa shape index (κ3) is 5.30. The normalized spacial score (nSPS) is 12.6. The molecule has 28 heavy (non-hydrogen) atoms. The first-order chi connectivity index (χ1) is 13.3. The summed E-state index contributed by atoms with van der Waals surface area (Å²) in [6.07, 6.45) is -0.345. The lowest BCUT2D eigenvalue weighted by Crippen LogP contribution is -2.32. The fourth-order valence-corrected chi connectivity index (χ4v) is 4.10. The molecule has 0 aliphatic rings. The largest absolute Gasteiger partial charge is 0.481 e. The van der Waals surface area contributed by atoms with Crippen LogP contribution in [0.2, 0.25) is 0 Å². The van der Waals surface area contributed by atoms with E-state index in [9.17, 15) is 17.6 Å². The number of rotatable bonds is 9. The predicted octanol–water partition coefficient (Wildman–Crippen LogP) is 3.65. The van der Waals surface area contributed by atoms with E-state index in [1.54, 1.807) is 32.9 Å². The SMILES string of the molecule is CC[C@@H](Oc1ccc(F)cc1)C(=O)Nc1ccc(S(=O)(=O)N(CC)CC)cc1. The first-order valence-corrected chi connectivity index (χ1v) is 10.6. The summed E-state index contributed by atoms with van der Waals surface area (Å²) in [6.45, 7) is 6.13. The Bertz CT molecular complexity index is 879. The van der Waals surface area contributed by atoms with E-state index in [0.29, 0.717) is 30.9 Å². The lowest BCUT2D eigenvalue weighted by molar-refractivity contribution is -0.122. The van der Waals surface area contributed by atoms with Crippen molar-refractivity contribution in [2.75, 3.05) is 18.4 Å². The van der Waals surface area contributed by atoms with Crippen molar-refractivity contribution >= 4 is 21.6 Å². The zero-order valence-electron chi connectivity index (χ0n) is 16.2. The van der Waals surface area contributed by atoms with Gasteiger partial charge >= 0.3 is 0 Å². The second kappa shape index (κ2) is 9.66. The molecule has 0 saturated carbocycles. The van der Waals surface area contributed by atoms with Crippen molar-refractivity contribution in [1.82, 2.24) is 4.31 Å². The fourth-order valence-electron chi connectivity index (χ4n) is 2.65. The van der Waals surface area contributed by atoms with Crippen LogP contribution in [0.15, 0.2) is 53.4 Å². The van der Waals surface area contributed by atoms with E-state index >= 15 is 0 Å². The first-order valence-electron chi connectivity index (χ1n) is 9.15. The summed E-state index contributed by atoms with van der Waals surface area (Å²) >= 11 is 0. The van der Waals surface area contributed by atoms with Gasteiger partial charge in [0.05, 0.1) is 4.90 Å². The summed E-state index contributed by atoms with van der Waals surface area (Å²) in [5, 5.41) is 2.71. The van der Waals surface area contributed by atoms with E-state index < -0.39 is 16.1 Å². The maximum Gasteiger partial charge on any atom is 0.265 e. The average molecular weight is 408 g/mol. The molecule has 8 heteroatoms. The zero-order chi connectivity index (χ0) is 20.7. The molecule has 1 amide bonds. The number of nitrogens with zero attached hydrogens (tertiary/aromatic N) is 1. The lowest BCUT2D eigenvalue weighted by atomic mass is 10.2. The first kappa shape index (κ1) is 21.8. The Morgan fingerprint density at radius 2 is 1.61 bits per heavy atom. The molecule has 6 nitrogen and oxygen atoms in total. The number of amides is 1. The predicted molar refractivity (Wildman–Crippen MR) is 106 cm³/mol. The second-order valence-corrected chi connectivity index (χ2v) is 8.01. The molecule has 0 fully saturated rings. The third-order valence-corrected chi connectivity index (χ3v) is 6.28. The van der Waals surface area contributed by atoms with Gasteiger partial charge in [0.1, 0.15) is 11.6 Å². The van der Waals surface area contributed by atoms with Crippen LogP contribution in [0, 0.1) is 5.82 Å². The van der Waals surface area contributed by atoms with Crippen LogP contribution in [0.1, 0.15) is 27.2 Å². The Labute approximate surface area is 165 Å². The number of anilines is 1. The number of sulfonamides is 1. The van der Waals surface area contributed by atoms with Crippen LogP contribution < -0.4 is 10.1 Å². The number of carbonyl (C=O) groups is 1. The van der Waals surface area contributed by atoms with Gasteiger partial charge in [-0.25, -0.2) is 12.8 Å². The molecule has 0 aliphatic heterocycles. The van der Waals surface area contributed by atoms with Crippen molar-refractivity contribution < 1.29 is 22.3 Å². The van der Waals surface area contributed by atoms with Gasteiger partial charge in [0.25, 0.3) is 5.91 Å². The highest BCUT2D eigenvalue weighted by Gasteiger charge is 2.22. The van der Waals surface area contributed by atoms with E-state index in [0.717, 1.165) is 0 Å². The molecular formula is C20H25FN2O4S. The molecular weight excluding hydrogens is 383 g/mol. The van der Waals surface area contributed by atoms with Crippen LogP contribution >= 0.6 is 0 Å². The van der Waals surface area contributed by atoms with Crippen molar-refractivity contribution in [1.29, 1.82) is 0 Å². The summed E-state index contributed by atoms with van der Waals surface area (Å²) in [5.41, 5.74) is 0.463. The highest BCUT2D eigenvalue weighted by molar-refractivity contribution is 7.89. The number of nitrogens with one attached hydrogen (secondary N) is 1. The van der Waals surface area contributed by atoms with Crippen molar-refractivity contribution in [3.8, 4) is 5.75 Å². The van der Waals surface area contributed by atoms with Gasteiger partial charge < -0.3 is 10.1 Å². The Kier molecular flexibility index (Phi) is 7.53. The van der Waals surface area contributed by atoms with E-state index in [1.165, 1.54) is 40.7 Å². The molecule has 0 spiro atoms. The zero-order valence-corrected chi connectivity index (χ0v) is 17.0. The minimum Gasteiger partial charge on any atom is -0.481 e. The number of ether oxygens (including phenoxy) is 1. The van der Waals surface area contributed by atoms with Crippen LogP contribution in [0.25, 0.3) is 0 Å². The highest BCUT2D eigenvalue weighted by Crippen LogP contribution is 2.19. The number of halogens is 1. The molecule has 2 rings (SSSR count). The maximum absolute atomic E-state index is 13.0. The summed E-state index contributed by atoms with van der Waals surface area (Å²) < 4.78 is 45.0. The van der Waals surface area contributed by atoms with E-state index in [2.05, 4.69) is 5.32 Å². The molecule has 0 aliphatic carbocycles. The van der Waals surface area contributed by atoms with Crippen LogP contribution in [-0.2, 0) is 14.8 Å². The Balaban J connectivity index is 2.07. The second-order valence-electron chi connectivity index (χ2n) is 6.07. The smallest absolute Gasteiger partial charge is 0.265 e. The van der Waals surface area contributed by atoms with Crippen LogP contribution in [0.3, 0.4) is 0 Å². The van der Waals surface area contributed by atoms with Gasteiger partial charge in [-0.3, -0.25) is 4.79 Å². The standard InChI is InChI=1S/C20H25FN2O4S/c1-4-19(27-17-11-7-15(21)8-12-17)20(24)22-16-9-13-18(14-10-16)28(25,26)23(5-2)6-3/h7-14,19H,4-6H2,1-3H3,(H,22,24)/t19-/m1/s1. The number of hydrogen-bond donors (Lipinski definition) is 1. The molecule has 0 unspecified atom stereocenters. The van der Waals surface area contributed by atoms with Gasteiger partial charge in [-0.1, -0.05) is 20.8 Å². The molecule has 2 aromatic carbocycles. The lowest BCUT2D eigenvalue weighted by Gasteiger charge is -2.19. The van der Waals surface area contributed by atoms with Crippen LogP contribution in [0.4, 0.5) is 10.1 Å². The number of carbonyl (C=O) groups excluding carboxylic acids is 1. The highest BCUT2D eigenvalue weighted by atomic mass is 32.2. The van der Waals surface area contributed by atoms with Gasteiger partial charge in [-0.2, -0.15) is 4.31 Å². The molecule has 2 aromatic rings. The summed E-state index contributed by atoms with van der Waals surface area (Å²) in [4.78, 5) is 12.6. The topological polar surface area (TPSA) is 75.7 Å². The number of benzene rings is 2. The molecule has 0 aromatic heterocycles. The Morgan fingerprint density at radius 1 is 1.04 bits per heavy atom. The molecule has 1 atom stereocenters. The maximum atomic E-state index is 13.0. The minimum absolute atomic E-state index is 0.170. The summed E-state index contributed by atoms with van der Waals surface area (Å²) in [5.74, 6) is -0.361. The third-order valence-electron chi connectivity index (χ3n) is 4.22. The van der Waals surface area contributed by atoms with Gasteiger partial charge in [-0.15, -0.1) is 0 Å². The molecule has 152 valence electrons. The monoisotopic (exact) mass is 408 g/mol. The van der Waals surface area contributed by atoms with Gasteiger partial charge in [0, 0.05) is 18.8 Å². The molecule has 1 N–H and O–H groups in total. The van der Waals surface area contributed by atoms with Crippen molar-refractivity contribution in [2.45, 2.75) is 38.2 Å². The van der Waals surface area contributed by atoms with E-state index in [-0.39, 0.29) is 16.6 Å². The summed E-state index contributed by atoms with van der Waals surface area (Å²) in [6, 6.07) is 11.4. The molecule has 0 radical (unpaired) electrons. The fraction of sp³-hybridized carbons (Fsp3) is 0.350. The van der Waals surface area contributed by atoms with Gasteiger partial charge in [-0.05, 0) is 55.0 Å². The minimum atomic E-state index is -3.55. The summed E-state index contributed by atoms with van der Waals surface area (Å²) in [7, 11) is -3.55. The van der Waals surface area contributed by atoms with Crippen molar-refractivity contribution in [2.24, 2.45) is 0 Å². The van der Waals surface area contributed by atoms with Gasteiger partial charge in [0.2, 0.25) is 10.0 Å². The van der Waals surface area contributed by atoms with Crippen molar-refractivity contribution in [3.63, 3.8) is 0 Å². The van der Waals surface area contributed by atoms with Crippen LogP contribution in [-0.4, -0.2) is 37.8 Å². The molecule has 0 bridgehead atoms. The molecule has 0 heterocycles.